The van der Waals surface area contributed by atoms with E-state index >= 15 is 0 Å². The number of rotatable bonds is 2. The van der Waals surface area contributed by atoms with Crippen molar-refractivity contribution in [2.75, 3.05) is 19.8 Å². The van der Waals surface area contributed by atoms with E-state index in [-0.39, 0.29) is 17.3 Å². The molecule has 1 aromatic rings. The van der Waals surface area contributed by atoms with Crippen molar-refractivity contribution in [3.05, 3.63) is 32.9 Å². The Morgan fingerprint density at radius 2 is 2.25 bits per heavy atom. The van der Waals surface area contributed by atoms with Gasteiger partial charge in [0.1, 0.15) is 0 Å². The predicted molar refractivity (Wildman–Crippen MR) is 85.1 cm³/mol. The molecule has 2 atom stereocenters. The smallest absolute Gasteiger partial charge is 0.167 e. The maximum atomic E-state index is 12.8. The van der Waals surface area contributed by atoms with Gasteiger partial charge in [-0.05, 0) is 47.9 Å². The molecule has 2 aliphatic rings. The zero-order valence-electron chi connectivity index (χ0n) is 11.7. The Kier molecular flexibility index (Phi) is 4.15. The zero-order valence-corrected chi connectivity index (χ0v) is 13.8. The first-order chi connectivity index (χ1) is 9.61. The molecule has 2 saturated heterocycles. The fraction of sp³-hybridized carbons (Fsp3) is 0.562. The fourth-order valence-electron chi connectivity index (χ4n) is 3.17. The van der Waals surface area contributed by atoms with Gasteiger partial charge in [-0.15, -0.1) is 0 Å². The molecule has 3 rings (SSSR count). The maximum Gasteiger partial charge on any atom is 0.167 e. The van der Waals surface area contributed by atoms with Gasteiger partial charge < -0.3 is 9.47 Å². The second-order valence-electron chi connectivity index (χ2n) is 5.82. The van der Waals surface area contributed by atoms with Crippen LogP contribution in [0.25, 0.3) is 0 Å². The summed E-state index contributed by atoms with van der Waals surface area (Å²) in [5, 5.41) is 0. The number of carbonyl (C=O) groups is 1. The summed E-state index contributed by atoms with van der Waals surface area (Å²) in [4.78, 5) is 12.8. The number of Topliss-reactive ketones (excluding diaryl/α,β-unsaturated/α-hetero) is 1. The van der Waals surface area contributed by atoms with Gasteiger partial charge in [0.25, 0.3) is 0 Å². The molecule has 0 saturated carbocycles. The molecule has 1 spiro atoms. The molecule has 0 bridgehead atoms. The van der Waals surface area contributed by atoms with Gasteiger partial charge in [-0.25, -0.2) is 0 Å². The minimum absolute atomic E-state index is 0.0702. The van der Waals surface area contributed by atoms with Gasteiger partial charge in [-0.1, -0.05) is 18.2 Å². The third-order valence-electron chi connectivity index (χ3n) is 4.39. The summed E-state index contributed by atoms with van der Waals surface area (Å²) in [5.41, 5.74) is 1.84. The highest BCUT2D eigenvalue weighted by atomic mass is 127. The molecule has 2 unspecified atom stereocenters. The van der Waals surface area contributed by atoms with Crippen LogP contribution in [-0.4, -0.2) is 31.2 Å². The number of hydrogen-bond donors (Lipinski definition) is 0. The Balaban J connectivity index is 1.81. The van der Waals surface area contributed by atoms with E-state index in [0.29, 0.717) is 13.2 Å². The zero-order chi connectivity index (χ0) is 14.2. The van der Waals surface area contributed by atoms with Gasteiger partial charge in [0.05, 0.1) is 12.2 Å². The summed E-state index contributed by atoms with van der Waals surface area (Å²) >= 11 is 2.28. The van der Waals surface area contributed by atoms with Crippen LogP contribution >= 0.6 is 22.6 Å². The highest BCUT2D eigenvalue weighted by molar-refractivity contribution is 14.1. The van der Waals surface area contributed by atoms with Crippen molar-refractivity contribution in [3.8, 4) is 0 Å². The van der Waals surface area contributed by atoms with Crippen LogP contribution < -0.4 is 0 Å². The van der Waals surface area contributed by atoms with Gasteiger partial charge in [0.15, 0.2) is 5.78 Å². The van der Waals surface area contributed by atoms with Crippen molar-refractivity contribution >= 4 is 28.4 Å². The molecule has 2 fully saturated rings. The normalized spacial score (nSPS) is 29.8. The lowest BCUT2D eigenvalue weighted by atomic mass is 9.81. The molecule has 20 heavy (non-hydrogen) atoms. The van der Waals surface area contributed by atoms with Crippen LogP contribution in [0.3, 0.4) is 0 Å². The molecule has 1 aromatic carbocycles. The third-order valence-corrected chi connectivity index (χ3v) is 5.82. The van der Waals surface area contributed by atoms with E-state index in [0.717, 1.165) is 35.0 Å². The summed E-state index contributed by atoms with van der Waals surface area (Å²) in [6.45, 7) is 4.11. The molecule has 2 heterocycles. The Labute approximate surface area is 133 Å². The van der Waals surface area contributed by atoms with Crippen LogP contribution in [0.15, 0.2) is 18.2 Å². The third kappa shape index (κ3) is 2.65. The van der Waals surface area contributed by atoms with Gasteiger partial charge in [-0.2, -0.15) is 0 Å². The molecule has 2 aliphatic heterocycles. The Bertz CT molecular complexity index is 520. The summed E-state index contributed by atoms with van der Waals surface area (Å²) in [6.07, 6.45) is 2.54. The van der Waals surface area contributed by atoms with Crippen molar-refractivity contribution in [2.24, 2.45) is 5.92 Å². The summed E-state index contributed by atoms with van der Waals surface area (Å²) in [7, 11) is 0. The van der Waals surface area contributed by atoms with Gasteiger partial charge in [0.2, 0.25) is 0 Å². The standard InChI is InChI=1S/C16H19IO3/c1-11-3-2-4-13(14(11)17)15(18)12-5-7-20-16(9-12)6-8-19-10-16/h2-4,12H,5-10H2,1H3. The van der Waals surface area contributed by atoms with E-state index in [9.17, 15) is 4.79 Å². The molecular formula is C16H19IO3. The molecule has 0 radical (unpaired) electrons. The van der Waals surface area contributed by atoms with E-state index in [4.69, 9.17) is 9.47 Å². The second-order valence-corrected chi connectivity index (χ2v) is 6.90. The first kappa shape index (κ1) is 14.5. The van der Waals surface area contributed by atoms with Crippen LogP contribution in [0, 0.1) is 16.4 Å². The van der Waals surface area contributed by atoms with Crippen molar-refractivity contribution in [2.45, 2.75) is 31.8 Å². The van der Waals surface area contributed by atoms with Gasteiger partial charge in [-0.3, -0.25) is 4.79 Å². The quantitative estimate of drug-likeness (QED) is 0.578. The average molecular weight is 386 g/mol. The minimum atomic E-state index is -0.201. The molecule has 108 valence electrons. The van der Waals surface area contributed by atoms with Crippen molar-refractivity contribution in [1.29, 1.82) is 0 Å². The number of hydrogen-bond acceptors (Lipinski definition) is 3. The van der Waals surface area contributed by atoms with E-state index < -0.39 is 0 Å². The van der Waals surface area contributed by atoms with Crippen molar-refractivity contribution in [1.82, 2.24) is 0 Å². The van der Waals surface area contributed by atoms with Crippen molar-refractivity contribution in [3.63, 3.8) is 0 Å². The predicted octanol–water partition coefficient (Wildman–Crippen LogP) is 3.37. The van der Waals surface area contributed by atoms with Crippen LogP contribution in [-0.2, 0) is 9.47 Å². The number of benzene rings is 1. The molecular weight excluding hydrogens is 367 g/mol. The van der Waals surface area contributed by atoms with Gasteiger partial charge in [0, 0.05) is 34.7 Å². The van der Waals surface area contributed by atoms with Crippen molar-refractivity contribution < 1.29 is 14.3 Å². The Morgan fingerprint density at radius 1 is 1.40 bits per heavy atom. The topological polar surface area (TPSA) is 35.5 Å². The Hall–Kier alpha value is -0.460. The largest absolute Gasteiger partial charge is 0.378 e. The first-order valence-electron chi connectivity index (χ1n) is 7.12. The number of ether oxygens (including phenoxy) is 2. The number of carbonyl (C=O) groups excluding carboxylic acids is 1. The fourth-order valence-corrected chi connectivity index (χ4v) is 3.80. The summed E-state index contributed by atoms with van der Waals surface area (Å²) in [5.74, 6) is 0.341. The second kappa shape index (κ2) is 5.73. The Morgan fingerprint density at radius 3 is 3.00 bits per heavy atom. The molecule has 4 heteroatoms. The lowest BCUT2D eigenvalue weighted by Gasteiger charge is -2.36. The average Bonchev–Trinajstić information content (AvgIpc) is 2.89. The van der Waals surface area contributed by atoms with E-state index in [2.05, 4.69) is 35.6 Å². The SMILES string of the molecule is Cc1cccc(C(=O)C2CCOC3(CCOC3)C2)c1I. The van der Waals surface area contributed by atoms with Crippen LogP contribution in [0.2, 0.25) is 0 Å². The van der Waals surface area contributed by atoms with Crippen LogP contribution in [0.4, 0.5) is 0 Å². The number of ketones is 1. The minimum Gasteiger partial charge on any atom is -0.378 e. The monoisotopic (exact) mass is 386 g/mol. The van der Waals surface area contributed by atoms with E-state index in [1.54, 1.807) is 0 Å². The van der Waals surface area contributed by atoms with Gasteiger partial charge >= 0.3 is 0 Å². The molecule has 0 aromatic heterocycles. The van der Waals surface area contributed by atoms with E-state index in [1.165, 1.54) is 5.56 Å². The highest BCUT2D eigenvalue weighted by Gasteiger charge is 2.43. The van der Waals surface area contributed by atoms with E-state index in [1.807, 2.05) is 12.1 Å². The highest BCUT2D eigenvalue weighted by Crippen LogP contribution is 2.37. The first-order valence-corrected chi connectivity index (χ1v) is 8.20. The summed E-state index contributed by atoms with van der Waals surface area (Å²) < 4.78 is 12.5. The number of halogens is 1. The van der Waals surface area contributed by atoms with Crippen LogP contribution in [0.1, 0.15) is 35.2 Å². The summed E-state index contributed by atoms with van der Waals surface area (Å²) in [6, 6.07) is 5.97. The molecule has 0 amide bonds. The van der Waals surface area contributed by atoms with Crippen LogP contribution in [0.5, 0.6) is 0 Å². The maximum absolute atomic E-state index is 12.8. The number of aryl methyl sites for hydroxylation is 1. The molecule has 0 N–H and O–H groups in total. The molecule has 0 aliphatic carbocycles. The lowest BCUT2D eigenvalue weighted by Crippen LogP contribution is -2.42. The lowest BCUT2D eigenvalue weighted by molar-refractivity contribution is -0.0920. The molecule has 3 nitrogen and oxygen atoms in total.